The zero-order valence-electron chi connectivity index (χ0n) is 11.7. The Morgan fingerprint density at radius 3 is 2.37 bits per heavy atom. The molecular weight excluding hydrogens is 264 g/mol. The van der Waals surface area contributed by atoms with Crippen LogP contribution in [0.5, 0.6) is 0 Å². The molecular formula is C12H22N4O2S. The minimum atomic E-state index is -3.45. The molecule has 1 heterocycles. The van der Waals surface area contributed by atoms with Gasteiger partial charge >= 0.3 is 0 Å². The molecule has 108 valence electrons. The molecule has 0 spiro atoms. The summed E-state index contributed by atoms with van der Waals surface area (Å²) in [4.78, 5) is 6.25. The maximum atomic E-state index is 12.2. The van der Waals surface area contributed by atoms with Crippen molar-refractivity contribution in [3.05, 3.63) is 24.0 Å². The fourth-order valence-electron chi connectivity index (χ4n) is 1.59. The lowest BCUT2D eigenvalue weighted by atomic mass is 10.4. The van der Waals surface area contributed by atoms with Crippen molar-refractivity contribution < 1.29 is 8.42 Å². The van der Waals surface area contributed by atoms with Crippen molar-refractivity contribution in [3.63, 3.8) is 0 Å². The van der Waals surface area contributed by atoms with Gasteiger partial charge < -0.3 is 10.6 Å². The van der Waals surface area contributed by atoms with Crippen molar-refractivity contribution in [2.75, 3.05) is 34.2 Å². The molecule has 7 heteroatoms. The molecule has 19 heavy (non-hydrogen) atoms. The van der Waals surface area contributed by atoms with Gasteiger partial charge in [0.1, 0.15) is 4.90 Å². The largest absolute Gasteiger partial charge is 0.325 e. The first-order chi connectivity index (χ1) is 8.87. The third kappa shape index (κ3) is 4.54. The Kier molecular flexibility index (Phi) is 5.86. The zero-order chi connectivity index (χ0) is 14.5. The highest BCUT2D eigenvalue weighted by Crippen LogP contribution is 2.13. The molecule has 0 aliphatic carbocycles. The van der Waals surface area contributed by atoms with Crippen LogP contribution in [0.15, 0.2) is 23.2 Å². The summed E-state index contributed by atoms with van der Waals surface area (Å²) < 4.78 is 25.9. The van der Waals surface area contributed by atoms with Gasteiger partial charge in [-0.25, -0.2) is 12.7 Å². The predicted octanol–water partition coefficient (Wildman–Crippen LogP) is 0.113. The molecule has 0 bridgehead atoms. The van der Waals surface area contributed by atoms with Gasteiger partial charge in [-0.2, -0.15) is 0 Å². The number of hydrogen-bond donors (Lipinski definition) is 1. The van der Waals surface area contributed by atoms with Gasteiger partial charge in [0.25, 0.3) is 0 Å². The second-order valence-electron chi connectivity index (χ2n) is 4.67. The molecule has 0 aliphatic rings. The summed E-state index contributed by atoms with van der Waals surface area (Å²) >= 11 is 0. The molecule has 0 saturated heterocycles. The Morgan fingerprint density at radius 2 is 1.89 bits per heavy atom. The van der Waals surface area contributed by atoms with Gasteiger partial charge in [0.15, 0.2) is 0 Å². The SMILES string of the molecule is CN(C)CCCN(C)S(=O)(=O)c1ccc(CN)nc1. The van der Waals surface area contributed by atoms with Gasteiger partial charge in [-0.3, -0.25) is 4.98 Å². The van der Waals surface area contributed by atoms with Gasteiger partial charge in [-0.15, -0.1) is 0 Å². The molecule has 0 fully saturated rings. The van der Waals surface area contributed by atoms with E-state index in [-0.39, 0.29) is 4.90 Å². The molecule has 0 aromatic carbocycles. The first kappa shape index (κ1) is 16.0. The number of aromatic nitrogens is 1. The lowest BCUT2D eigenvalue weighted by Gasteiger charge is -2.18. The van der Waals surface area contributed by atoms with Crippen LogP contribution in [0.4, 0.5) is 0 Å². The highest BCUT2D eigenvalue weighted by atomic mass is 32.2. The summed E-state index contributed by atoms with van der Waals surface area (Å²) in [5, 5.41) is 0. The van der Waals surface area contributed by atoms with Gasteiger partial charge in [-0.05, 0) is 39.2 Å². The number of rotatable bonds is 7. The van der Waals surface area contributed by atoms with Crippen LogP contribution in [0.2, 0.25) is 0 Å². The third-order valence-electron chi connectivity index (χ3n) is 2.79. The van der Waals surface area contributed by atoms with Gasteiger partial charge in [0, 0.05) is 26.3 Å². The van der Waals surface area contributed by atoms with Crippen molar-refractivity contribution in [2.24, 2.45) is 5.73 Å². The molecule has 6 nitrogen and oxygen atoms in total. The molecule has 1 rings (SSSR count). The standard InChI is InChI=1S/C12H22N4O2S/c1-15(2)7-4-8-16(3)19(17,18)12-6-5-11(9-13)14-10-12/h5-6,10H,4,7-9,13H2,1-3H3. The van der Waals surface area contributed by atoms with Crippen LogP contribution in [0.25, 0.3) is 0 Å². The first-order valence-corrected chi connectivity index (χ1v) is 7.58. The van der Waals surface area contributed by atoms with Crippen molar-refractivity contribution in [2.45, 2.75) is 17.9 Å². The van der Waals surface area contributed by atoms with Crippen molar-refractivity contribution >= 4 is 10.0 Å². The summed E-state index contributed by atoms with van der Waals surface area (Å²) in [5.41, 5.74) is 6.11. The van der Waals surface area contributed by atoms with Crippen molar-refractivity contribution in [1.29, 1.82) is 0 Å². The number of hydrogen-bond acceptors (Lipinski definition) is 5. The highest BCUT2D eigenvalue weighted by Gasteiger charge is 2.20. The average Bonchev–Trinajstić information content (AvgIpc) is 2.38. The molecule has 0 radical (unpaired) electrons. The van der Waals surface area contributed by atoms with Crippen LogP contribution in [0, 0.1) is 0 Å². The summed E-state index contributed by atoms with van der Waals surface area (Å²) in [6, 6.07) is 3.19. The van der Waals surface area contributed by atoms with E-state index in [4.69, 9.17) is 5.73 Å². The predicted molar refractivity (Wildman–Crippen MR) is 75.1 cm³/mol. The average molecular weight is 286 g/mol. The Labute approximate surface area is 115 Å². The number of sulfonamides is 1. The minimum Gasteiger partial charge on any atom is -0.325 e. The highest BCUT2D eigenvalue weighted by molar-refractivity contribution is 7.89. The van der Waals surface area contributed by atoms with E-state index >= 15 is 0 Å². The van der Waals surface area contributed by atoms with Crippen molar-refractivity contribution in [1.82, 2.24) is 14.2 Å². The fourth-order valence-corrected chi connectivity index (χ4v) is 2.75. The van der Waals surface area contributed by atoms with Crippen LogP contribution in [0.1, 0.15) is 12.1 Å². The molecule has 2 N–H and O–H groups in total. The van der Waals surface area contributed by atoms with E-state index in [2.05, 4.69) is 4.98 Å². The molecule has 0 atom stereocenters. The lowest BCUT2D eigenvalue weighted by Crippen LogP contribution is -2.30. The van der Waals surface area contributed by atoms with Gasteiger partial charge in [-0.1, -0.05) is 0 Å². The maximum absolute atomic E-state index is 12.2. The van der Waals surface area contributed by atoms with E-state index in [1.165, 1.54) is 10.5 Å². The van der Waals surface area contributed by atoms with E-state index in [9.17, 15) is 8.42 Å². The van der Waals surface area contributed by atoms with E-state index < -0.39 is 10.0 Å². The number of nitrogens with two attached hydrogens (primary N) is 1. The van der Waals surface area contributed by atoms with Crippen LogP contribution in [-0.2, 0) is 16.6 Å². The van der Waals surface area contributed by atoms with Gasteiger partial charge in [0.2, 0.25) is 10.0 Å². The Hall–Kier alpha value is -1.02. The van der Waals surface area contributed by atoms with Crippen LogP contribution in [0.3, 0.4) is 0 Å². The second kappa shape index (κ2) is 6.95. The zero-order valence-corrected chi connectivity index (χ0v) is 12.5. The smallest absolute Gasteiger partial charge is 0.244 e. The van der Waals surface area contributed by atoms with Crippen LogP contribution in [-0.4, -0.2) is 56.8 Å². The lowest BCUT2D eigenvalue weighted by molar-refractivity contribution is 0.370. The van der Waals surface area contributed by atoms with Crippen molar-refractivity contribution in [3.8, 4) is 0 Å². The van der Waals surface area contributed by atoms with E-state index in [1.807, 2.05) is 19.0 Å². The molecule has 0 amide bonds. The maximum Gasteiger partial charge on any atom is 0.244 e. The summed E-state index contributed by atoms with van der Waals surface area (Å²) in [5.74, 6) is 0. The Bertz CT molecular complexity index is 485. The summed E-state index contributed by atoms with van der Waals surface area (Å²) in [6.45, 7) is 1.64. The van der Waals surface area contributed by atoms with E-state index in [0.717, 1.165) is 13.0 Å². The first-order valence-electron chi connectivity index (χ1n) is 6.14. The number of pyridine rings is 1. The van der Waals surface area contributed by atoms with Crippen LogP contribution < -0.4 is 5.73 Å². The molecule has 0 saturated carbocycles. The Balaban J connectivity index is 2.72. The summed E-state index contributed by atoms with van der Waals surface area (Å²) in [6.07, 6.45) is 2.15. The minimum absolute atomic E-state index is 0.206. The quantitative estimate of drug-likeness (QED) is 0.770. The molecule has 1 aromatic rings. The van der Waals surface area contributed by atoms with E-state index in [0.29, 0.717) is 18.8 Å². The number of nitrogens with zero attached hydrogens (tertiary/aromatic N) is 3. The van der Waals surface area contributed by atoms with Crippen LogP contribution >= 0.6 is 0 Å². The normalized spacial score (nSPS) is 12.3. The Morgan fingerprint density at radius 1 is 1.21 bits per heavy atom. The topological polar surface area (TPSA) is 79.5 Å². The fraction of sp³-hybridized carbons (Fsp3) is 0.583. The molecule has 0 aliphatic heterocycles. The van der Waals surface area contributed by atoms with Gasteiger partial charge in [0.05, 0.1) is 5.69 Å². The third-order valence-corrected chi connectivity index (χ3v) is 4.63. The van der Waals surface area contributed by atoms with E-state index in [1.54, 1.807) is 19.2 Å². The monoisotopic (exact) mass is 286 g/mol. The molecule has 1 aromatic heterocycles. The second-order valence-corrected chi connectivity index (χ2v) is 6.72. The molecule has 0 unspecified atom stereocenters. The summed E-state index contributed by atoms with van der Waals surface area (Å²) in [7, 11) is 2.06.